The fraction of sp³-hybridized carbons (Fsp3) is 0.364. The lowest BCUT2D eigenvalue weighted by Gasteiger charge is -2.08. The minimum atomic E-state index is 0.496. The van der Waals surface area contributed by atoms with Crippen molar-refractivity contribution in [3.63, 3.8) is 0 Å². The summed E-state index contributed by atoms with van der Waals surface area (Å²) in [5.41, 5.74) is 0.866. The normalized spacial score (nSPS) is 10.6. The van der Waals surface area contributed by atoms with Gasteiger partial charge in [-0.1, -0.05) is 11.6 Å². The maximum atomic E-state index is 6.00. The number of hydrogen-bond acceptors (Lipinski definition) is 5. The molecule has 0 aliphatic carbocycles. The molecule has 0 atom stereocenters. The summed E-state index contributed by atoms with van der Waals surface area (Å²) in [7, 11) is 0. The Hall–Kier alpha value is -1.20. The molecule has 0 amide bonds. The van der Waals surface area contributed by atoms with E-state index in [-0.39, 0.29) is 0 Å². The third-order valence-electron chi connectivity index (χ3n) is 2.27. The van der Waals surface area contributed by atoms with Gasteiger partial charge < -0.3 is 5.32 Å². The molecule has 17 heavy (non-hydrogen) atoms. The fourth-order valence-corrected chi connectivity index (χ4v) is 2.35. The summed E-state index contributed by atoms with van der Waals surface area (Å²) < 4.78 is 0. The van der Waals surface area contributed by atoms with Gasteiger partial charge in [-0.15, -0.1) is 11.3 Å². The Morgan fingerprint density at radius 3 is 2.71 bits per heavy atom. The molecule has 0 saturated heterocycles. The first-order valence-corrected chi connectivity index (χ1v) is 6.41. The molecule has 0 spiro atoms. The zero-order valence-corrected chi connectivity index (χ0v) is 11.5. The second kappa shape index (κ2) is 4.98. The number of thiazole rings is 1. The average Bonchev–Trinajstić information content (AvgIpc) is 2.67. The van der Waals surface area contributed by atoms with Crippen LogP contribution < -0.4 is 5.32 Å². The van der Waals surface area contributed by atoms with E-state index in [4.69, 9.17) is 11.6 Å². The molecule has 2 aromatic heterocycles. The van der Waals surface area contributed by atoms with Crippen LogP contribution in [0.2, 0.25) is 5.15 Å². The van der Waals surface area contributed by atoms with Gasteiger partial charge in [-0.05, 0) is 20.8 Å². The molecule has 0 bridgehead atoms. The summed E-state index contributed by atoms with van der Waals surface area (Å²) in [5, 5.41) is 4.77. The number of aromatic nitrogens is 3. The van der Waals surface area contributed by atoms with Crippen molar-refractivity contribution in [1.29, 1.82) is 0 Å². The Kier molecular flexibility index (Phi) is 3.59. The number of anilines is 1. The molecule has 90 valence electrons. The first-order valence-electron chi connectivity index (χ1n) is 5.22. The van der Waals surface area contributed by atoms with E-state index in [2.05, 4.69) is 20.3 Å². The van der Waals surface area contributed by atoms with Gasteiger partial charge >= 0.3 is 0 Å². The molecule has 0 radical (unpaired) electrons. The highest BCUT2D eigenvalue weighted by Gasteiger charge is 2.07. The van der Waals surface area contributed by atoms with Crippen molar-refractivity contribution in [3.8, 4) is 0 Å². The predicted molar refractivity (Wildman–Crippen MR) is 70.7 cm³/mol. The molecule has 4 nitrogen and oxygen atoms in total. The van der Waals surface area contributed by atoms with E-state index in [0.29, 0.717) is 17.5 Å². The lowest BCUT2D eigenvalue weighted by atomic mass is 10.3. The van der Waals surface area contributed by atoms with Crippen molar-refractivity contribution in [2.24, 2.45) is 0 Å². The van der Waals surface area contributed by atoms with Crippen LogP contribution in [0.5, 0.6) is 0 Å². The maximum absolute atomic E-state index is 6.00. The van der Waals surface area contributed by atoms with E-state index in [0.717, 1.165) is 16.4 Å². The van der Waals surface area contributed by atoms with Crippen LogP contribution in [-0.4, -0.2) is 15.0 Å². The van der Waals surface area contributed by atoms with E-state index < -0.39 is 0 Å². The summed E-state index contributed by atoms with van der Waals surface area (Å²) in [4.78, 5) is 13.9. The highest BCUT2D eigenvalue weighted by molar-refractivity contribution is 7.11. The molecule has 0 fully saturated rings. The van der Waals surface area contributed by atoms with Crippen molar-refractivity contribution < 1.29 is 0 Å². The second-order valence-corrected chi connectivity index (χ2v) is 5.43. The average molecular weight is 269 g/mol. The van der Waals surface area contributed by atoms with Crippen LogP contribution in [0.25, 0.3) is 0 Å². The van der Waals surface area contributed by atoms with Gasteiger partial charge in [0.1, 0.15) is 21.8 Å². The number of nitrogens with one attached hydrogen (secondary N) is 1. The second-order valence-electron chi connectivity index (χ2n) is 3.75. The van der Waals surface area contributed by atoms with Crippen LogP contribution >= 0.6 is 22.9 Å². The van der Waals surface area contributed by atoms with E-state index in [1.54, 1.807) is 11.3 Å². The van der Waals surface area contributed by atoms with Crippen LogP contribution in [0, 0.1) is 20.8 Å². The summed E-state index contributed by atoms with van der Waals surface area (Å²) in [6.45, 7) is 6.42. The molecular formula is C11H13ClN4S. The van der Waals surface area contributed by atoms with Gasteiger partial charge in [0, 0.05) is 16.6 Å². The van der Waals surface area contributed by atoms with Crippen molar-refractivity contribution in [1.82, 2.24) is 15.0 Å². The molecule has 0 unspecified atom stereocenters. The van der Waals surface area contributed by atoms with Crippen LogP contribution in [0.3, 0.4) is 0 Å². The Balaban J connectivity index is 2.14. The van der Waals surface area contributed by atoms with Gasteiger partial charge in [-0.2, -0.15) is 0 Å². The van der Waals surface area contributed by atoms with E-state index in [9.17, 15) is 0 Å². The van der Waals surface area contributed by atoms with Crippen LogP contribution in [0.15, 0.2) is 6.20 Å². The van der Waals surface area contributed by atoms with Crippen molar-refractivity contribution in [2.75, 3.05) is 5.32 Å². The molecule has 2 heterocycles. The lowest BCUT2D eigenvalue weighted by Crippen LogP contribution is -2.05. The topological polar surface area (TPSA) is 50.7 Å². The summed E-state index contributed by atoms with van der Waals surface area (Å²) in [6.07, 6.45) is 1.87. The van der Waals surface area contributed by atoms with E-state index in [1.165, 1.54) is 4.88 Å². The zero-order chi connectivity index (χ0) is 12.4. The number of nitrogens with zero attached hydrogens (tertiary/aromatic N) is 3. The fourth-order valence-electron chi connectivity index (χ4n) is 1.41. The summed E-state index contributed by atoms with van der Waals surface area (Å²) in [5.74, 6) is 1.44. The molecular weight excluding hydrogens is 256 g/mol. The maximum Gasteiger partial charge on any atom is 0.137 e. The molecule has 2 aromatic rings. The SMILES string of the molecule is Cc1nc(Cl)c(C)c(NCc2ncc(C)s2)n1. The van der Waals surface area contributed by atoms with Gasteiger partial charge in [0.05, 0.1) is 6.54 Å². The Labute approximate surface area is 109 Å². The van der Waals surface area contributed by atoms with E-state index >= 15 is 0 Å². The monoisotopic (exact) mass is 268 g/mol. The number of hydrogen-bond donors (Lipinski definition) is 1. The predicted octanol–water partition coefficient (Wildman–Crippen LogP) is 3.12. The standard InChI is InChI=1S/C11H13ClN4S/c1-6-4-13-9(17-6)5-14-11-7(2)10(12)15-8(3)16-11/h4H,5H2,1-3H3,(H,14,15,16). The number of halogens is 1. The zero-order valence-electron chi connectivity index (χ0n) is 9.91. The molecule has 6 heteroatoms. The van der Waals surface area contributed by atoms with Crippen LogP contribution in [-0.2, 0) is 6.54 Å². The highest BCUT2D eigenvalue weighted by atomic mass is 35.5. The van der Waals surface area contributed by atoms with Crippen LogP contribution in [0.4, 0.5) is 5.82 Å². The first-order chi connectivity index (χ1) is 8.06. The smallest absolute Gasteiger partial charge is 0.137 e. The van der Waals surface area contributed by atoms with Crippen molar-refractivity contribution in [3.05, 3.63) is 32.6 Å². The Morgan fingerprint density at radius 1 is 1.29 bits per heavy atom. The molecule has 0 aromatic carbocycles. The largest absolute Gasteiger partial charge is 0.363 e. The summed E-state index contributed by atoms with van der Waals surface area (Å²) in [6, 6.07) is 0. The Bertz CT molecular complexity index is 538. The third-order valence-corrected chi connectivity index (χ3v) is 3.56. The molecule has 0 aliphatic heterocycles. The van der Waals surface area contributed by atoms with Crippen LogP contribution in [0.1, 0.15) is 21.3 Å². The Morgan fingerprint density at radius 2 is 2.06 bits per heavy atom. The molecule has 1 N–H and O–H groups in total. The van der Waals surface area contributed by atoms with E-state index in [1.807, 2.05) is 27.0 Å². The summed E-state index contributed by atoms with van der Waals surface area (Å²) >= 11 is 7.67. The lowest BCUT2D eigenvalue weighted by molar-refractivity contribution is 0.997. The minimum absolute atomic E-state index is 0.496. The highest BCUT2D eigenvalue weighted by Crippen LogP contribution is 2.20. The minimum Gasteiger partial charge on any atom is -0.363 e. The van der Waals surface area contributed by atoms with Gasteiger partial charge in [0.15, 0.2) is 0 Å². The van der Waals surface area contributed by atoms with Gasteiger partial charge in [-0.3, -0.25) is 0 Å². The number of aryl methyl sites for hydroxylation is 2. The molecule has 0 aliphatic rings. The van der Waals surface area contributed by atoms with Gasteiger partial charge in [-0.25, -0.2) is 15.0 Å². The van der Waals surface area contributed by atoms with Gasteiger partial charge in [0.25, 0.3) is 0 Å². The molecule has 0 saturated carbocycles. The van der Waals surface area contributed by atoms with Crippen molar-refractivity contribution in [2.45, 2.75) is 27.3 Å². The quantitative estimate of drug-likeness (QED) is 0.869. The molecule has 2 rings (SSSR count). The first kappa shape index (κ1) is 12.3. The number of rotatable bonds is 3. The third kappa shape index (κ3) is 2.92. The van der Waals surface area contributed by atoms with Crippen molar-refractivity contribution >= 4 is 28.8 Å². The van der Waals surface area contributed by atoms with Gasteiger partial charge in [0.2, 0.25) is 0 Å².